The fourth-order valence-electron chi connectivity index (χ4n) is 3.50. The minimum Gasteiger partial charge on any atom is -0.376 e. The minimum atomic E-state index is 0.436. The van der Waals surface area contributed by atoms with E-state index in [1.54, 1.807) is 0 Å². The number of ether oxygens (including phenoxy) is 1. The van der Waals surface area contributed by atoms with Crippen LogP contribution in [0.5, 0.6) is 0 Å². The summed E-state index contributed by atoms with van der Waals surface area (Å²) in [5, 5.41) is 3.71. The van der Waals surface area contributed by atoms with Gasteiger partial charge in [-0.1, -0.05) is 0 Å². The van der Waals surface area contributed by atoms with Crippen LogP contribution in [0, 0.1) is 0 Å². The summed E-state index contributed by atoms with van der Waals surface area (Å²) >= 11 is 0. The Labute approximate surface area is 92.2 Å². The Morgan fingerprint density at radius 3 is 2.60 bits per heavy atom. The first-order chi connectivity index (χ1) is 7.31. The molecule has 3 aliphatic heterocycles. The van der Waals surface area contributed by atoms with E-state index in [1.807, 2.05) is 0 Å². The van der Waals surface area contributed by atoms with Gasteiger partial charge in [-0.25, -0.2) is 0 Å². The molecule has 86 valence electrons. The molecule has 0 aliphatic carbocycles. The van der Waals surface area contributed by atoms with E-state index in [-0.39, 0.29) is 0 Å². The molecule has 0 aromatic rings. The van der Waals surface area contributed by atoms with Crippen LogP contribution in [-0.4, -0.2) is 48.8 Å². The predicted octanol–water partition coefficient (Wildman–Crippen LogP) is 0.990. The summed E-state index contributed by atoms with van der Waals surface area (Å²) in [6.07, 6.45) is 5.97. The highest BCUT2D eigenvalue weighted by Gasteiger charge is 2.36. The van der Waals surface area contributed by atoms with Crippen molar-refractivity contribution in [2.75, 3.05) is 19.7 Å². The SMILES string of the molecule is CC1CN(C2CC3CCC(C2)N3)CCO1. The number of piperidine rings is 1. The molecule has 15 heavy (non-hydrogen) atoms. The van der Waals surface area contributed by atoms with Gasteiger partial charge in [0.05, 0.1) is 12.7 Å². The fourth-order valence-corrected chi connectivity index (χ4v) is 3.50. The van der Waals surface area contributed by atoms with E-state index in [2.05, 4.69) is 17.1 Å². The molecule has 0 radical (unpaired) electrons. The maximum absolute atomic E-state index is 5.61. The summed E-state index contributed by atoms with van der Waals surface area (Å²) in [7, 11) is 0. The quantitative estimate of drug-likeness (QED) is 0.698. The number of morpholine rings is 1. The minimum absolute atomic E-state index is 0.436. The zero-order valence-corrected chi connectivity index (χ0v) is 9.61. The van der Waals surface area contributed by atoms with Crippen molar-refractivity contribution < 1.29 is 4.74 Å². The average molecular weight is 210 g/mol. The molecule has 3 heterocycles. The Bertz CT molecular complexity index is 222. The molecule has 1 N–H and O–H groups in total. The van der Waals surface area contributed by atoms with Crippen molar-refractivity contribution in [3.63, 3.8) is 0 Å². The van der Waals surface area contributed by atoms with Gasteiger partial charge in [-0.15, -0.1) is 0 Å². The molecule has 3 nitrogen and oxygen atoms in total. The van der Waals surface area contributed by atoms with Crippen LogP contribution in [-0.2, 0) is 4.74 Å². The van der Waals surface area contributed by atoms with Crippen LogP contribution in [0.25, 0.3) is 0 Å². The molecule has 3 rings (SSSR count). The van der Waals surface area contributed by atoms with Crippen molar-refractivity contribution in [3.8, 4) is 0 Å². The average Bonchev–Trinajstić information content (AvgIpc) is 2.58. The third-order valence-electron chi connectivity index (χ3n) is 4.24. The zero-order valence-electron chi connectivity index (χ0n) is 9.61. The van der Waals surface area contributed by atoms with E-state index >= 15 is 0 Å². The van der Waals surface area contributed by atoms with Crippen molar-refractivity contribution in [2.24, 2.45) is 0 Å². The number of hydrogen-bond acceptors (Lipinski definition) is 3. The lowest BCUT2D eigenvalue weighted by atomic mass is 9.97. The van der Waals surface area contributed by atoms with Gasteiger partial charge in [0.2, 0.25) is 0 Å². The van der Waals surface area contributed by atoms with Crippen molar-refractivity contribution in [3.05, 3.63) is 0 Å². The van der Waals surface area contributed by atoms with E-state index in [4.69, 9.17) is 4.74 Å². The van der Waals surface area contributed by atoms with Crippen molar-refractivity contribution in [1.82, 2.24) is 10.2 Å². The molecule has 3 fully saturated rings. The number of nitrogens with one attached hydrogen (secondary N) is 1. The topological polar surface area (TPSA) is 24.5 Å². The highest BCUT2D eigenvalue weighted by atomic mass is 16.5. The Morgan fingerprint density at radius 1 is 1.20 bits per heavy atom. The summed E-state index contributed by atoms with van der Waals surface area (Å²) in [5.74, 6) is 0. The maximum atomic E-state index is 5.61. The smallest absolute Gasteiger partial charge is 0.0674 e. The largest absolute Gasteiger partial charge is 0.376 e. The third-order valence-corrected chi connectivity index (χ3v) is 4.24. The van der Waals surface area contributed by atoms with Gasteiger partial charge in [0.1, 0.15) is 0 Å². The molecular formula is C12H22N2O. The van der Waals surface area contributed by atoms with Crippen LogP contribution < -0.4 is 5.32 Å². The van der Waals surface area contributed by atoms with Gasteiger partial charge in [-0.05, 0) is 32.6 Å². The highest BCUT2D eigenvalue weighted by Crippen LogP contribution is 2.30. The Hall–Kier alpha value is -0.120. The lowest BCUT2D eigenvalue weighted by molar-refractivity contribution is -0.0410. The molecule has 3 atom stereocenters. The van der Waals surface area contributed by atoms with Gasteiger partial charge in [0, 0.05) is 31.2 Å². The number of rotatable bonds is 1. The van der Waals surface area contributed by atoms with Gasteiger partial charge in [-0.3, -0.25) is 4.90 Å². The van der Waals surface area contributed by atoms with E-state index in [1.165, 1.54) is 25.7 Å². The van der Waals surface area contributed by atoms with Gasteiger partial charge in [0.25, 0.3) is 0 Å². The van der Waals surface area contributed by atoms with Crippen LogP contribution in [0.4, 0.5) is 0 Å². The Balaban J connectivity index is 1.62. The van der Waals surface area contributed by atoms with Crippen LogP contribution in [0.15, 0.2) is 0 Å². The summed E-state index contributed by atoms with van der Waals surface area (Å²) in [6, 6.07) is 2.45. The van der Waals surface area contributed by atoms with Crippen molar-refractivity contribution >= 4 is 0 Å². The zero-order chi connectivity index (χ0) is 10.3. The molecule has 0 aromatic heterocycles. The molecular weight excluding hydrogens is 188 g/mol. The van der Waals surface area contributed by atoms with Gasteiger partial charge < -0.3 is 10.1 Å². The molecule has 3 unspecified atom stereocenters. The van der Waals surface area contributed by atoms with Gasteiger partial charge >= 0.3 is 0 Å². The predicted molar refractivity (Wildman–Crippen MR) is 60.0 cm³/mol. The van der Waals surface area contributed by atoms with Crippen molar-refractivity contribution in [2.45, 2.75) is 56.8 Å². The van der Waals surface area contributed by atoms with Crippen LogP contribution in [0.3, 0.4) is 0 Å². The standard InChI is InChI=1S/C12H22N2O/c1-9-8-14(4-5-15-9)12-6-10-2-3-11(7-12)13-10/h9-13H,2-8H2,1H3. The molecule has 0 amide bonds. The molecule has 3 saturated heterocycles. The summed E-state index contributed by atoms with van der Waals surface area (Å²) in [5.41, 5.74) is 0. The second-order valence-corrected chi connectivity index (χ2v) is 5.44. The number of fused-ring (bicyclic) bond motifs is 2. The Kier molecular flexibility index (Phi) is 2.71. The molecule has 3 heteroatoms. The monoisotopic (exact) mass is 210 g/mol. The van der Waals surface area contributed by atoms with Gasteiger partial charge in [-0.2, -0.15) is 0 Å². The first kappa shape index (κ1) is 10.1. The fraction of sp³-hybridized carbons (Fsp3) is 1.00. The molecule has 0 spiro atoms. The van der Waals surface area contributed by atoms with E-state index in [0.29, 0.717) is 6.10 Å². The highest BCUT2D eigenvalue weighted by molar-refractivity contribution is 4.96. The molecule has 0 saturated carbocycles. The molecule has 2 bridgehead atoms. The van der Waals surface area contributed by atoms with Crippen LogP contribution in [0.2, 0.25) is 0 Å². The summed E-state index contributed by atoms with van der Waals surface area (Å²) in [6.45, 7) is 5.42. The Morgan fingerprint density at radius 2 is 1.93 bits per heavy atom. The van der Waals surface area contributed by atoms with Crippen molar-refractivity contribution in [1.29, 1.82) is 0 Å². The first-order valence-electron chi connectivity index (χ1n) is 6.43. The lowest BCUT2D eigenvalue weighted by Crippen LogP contribution is -2.53. The van der Waals surface area contributed by atoms with Crippen LogP contribution in [0.1, 0.15) is 32.6 Å². The second-order valence-electron chi connectivity index (χ2n) is 5.44. The first-order valence-corrected chi connectivity index (χ1v) is 6.43. The lowest BCUT2D eigenvalue weighted by Gasteiger charge is -2.41. The second kappa shape index (κ2) is 4.04. The van der Waals surface area contributed by atoms with E-state index in [9.17, 15) is 0 Å². The van der Waals surface area contributed by atoms with Gasteiger partial charge in [0.15, 0.2) is 0 Å². The normalized spacial score (nSPS) is 47.0. The maximum Gasteiger partial charge on any atom is 0.0674 e. The number of hydrogen-bond donors (Lipinski definition) is 1. The molecule has 0 aromatic carbocycles. The van der Waals surface area contributed by atoms with Crippen LogP contribution >= 0.6 is 0 Å². The number of nitrogens with zero attached hydrogens (tertiary/aromatic N) is 1. The third kappa shape index (κ3) is 2.05. The van der Waals surface area contributed by atoms with E-state index < -0.39 is 0 Å². The molecule has 3 aliphatic rings. The summed E-state index contributed by atoms with van der Waals surface area (Å²) in [4.78, 5) is 2.67. The van der Waals surface area contributed by atoms with E-state index in [0.717, 1.165) is 37.8 Å². The summed E-state index contributed by atoms with van der Waals surface area (Å²) < 4.78 is 5.61.